The fourth-order valence-electron chi connectivity index (χ4n) is 1.65. The van der Waals surface area contributed by atoms with E-state index in [-0.39, 0.29) is 0 Å². The fraction of sp³-hybridized carbons (Fsp3) is 0.231. The number of aromatic nitrogens is 2. The molecule has 0 saturated carbocycles. The molecule has 94 valence electrons. The summed E-state index contributed by atoms with van der Waals surface area (Å²) in [6, 6.07) is 6.12. The lowest BCUT2D eigenvalue weighted by Gasteiger charge is -2.07. The molecule has 0 amide bonds. The monoisotopic (exact) mass is 265 g/mol. The summed E-state index contributed by atoms with van der Waals surface area (Å²) in [6.45, 7) is 4.61. The molecular weight excluding hydrogens is 253 g/mol. The van der Waals surface area contributed by atoms with E-state index in [0.29, 0.717) is 16.4 Å². The fourth-order valence-corrected chi connectivity index (χ4v) is 1.87. The lowest BCUT2D eigenvalue weighted by Crippen LogP contribution is -2.02. The molecular formula is C13H13ClFN3. The van der Waals surface area contributed by atoms with Gasteiger partial charge in [0, 0.05) is 28.9 Å². The second-order valence-corrected chi connectivity index (χ2v) is 4.34. The van der Waals surface area contributed by atoms with Gasteiger partial charge < -0.3 is 5.32 Å². The van der Waals surface area contributed by atoms with Crippen LogP contribution in [-0.2, 0) is 0 Å². The normalized spacial score (nSPS) is 10.4. The predicted molar refractivity (Wildman–Crippen MR) is 71.3 cm³/mol. The van der Waals surface area contributed by atoms with Crippen LogP contribution in [0.4, 0.5) is 10.2 Å². The Labute approximate surface area is 110 Å². The number of rotatable bonds is 3. The molecule has 0 aliphatic carbocycles. The van der Waals surface area contributed by atoms with Crippen LogP contribution in [0, 0.1) is 12.7 Å². The molecule has 1 aromatic carbocycles. The van der Waals surface area contributed by atoms with E-state index in [4.69, 9.17) is 11.6 Å². The molecule has 1 N–H and O–H groups in total. The number of aryl methyl sites for hydroxylation is 1. The summed E-state index contributed by atoms with van der Waals surface area (Å²) < 4.78 is 13.3. The van der Waals surface area contributed by atoms with Gasteiger partial charge in [-0.25, -0.2) is 14.4 Å². The van der Waals surface area contributed by atoms with Crippen molar-refractivity contribution in [3.05, 3.63) is 40.8 Å². The van der Waals surface area contributed by atoms with E-state index in [0.717, 1.165) is 18.1 Å². The number of hydrogen-bond donors (Lipinski definition) is 1. The van der Waals surface area contributed by atoms with Crippen molar-refractivity contribution in [2.45, 2.75) is 13.8 Å². The maximum absolute atomic E-state index is 13.3. The first-order valence-corrected chi connectivity index (χ1v) is 6.02. The van der Waals surface area contributed by atoms with Crippen LogP contribution in [0.5, 0.6) is 0 Å². The summed E-state index contributed by atoms with van der Waals surface area (Å²) in [7, 11) is 0. The van der Waals surface area contributed by atoms with E-state index in [1.807, 2.05) is 19.9 Å². The molecule has 2 aromatic rings. The van der Waals surface area contributed by atoms with E-state index in [2.05, 4.69) is 15.3 Å². The molecule has 3 nitrogen and oxygen atoms in total. The first kappa shape index (κ1) is 12.8. The first-order chi connectivity index (χ1) is 8.58. The van der Waals surface area contributed by atoms with Crippen LogP contribution in [0.15, 0.2) is 24.3 Å². The maximum Gasteiger partial charge on any atom is 0.161 e. The number of nitrogens with one attached hydrogen (secondary N) is 1. The van der Waals surface area contributed by atoms with Crippen LogP contribution in [0.2, 0.25) is 5.02 Å². The Kier molecular flexibility index (Phi) is 3.77. The van der Waals surface area contributed by atoms with E-state index < -0.39 is 5.82 Å². The third kappa shape index (κ3) is 2.96. The summed E-state index contributed by atoms with van der Waals surface area (Å²) in [5.41, 5.74) is 1.39. The molecule has 0 aliphatic rings. The van der Waals surface area contributed by atoms with E-state index >= 15 is 0 Å². The zero-order valence-electron chi connectivity index (χ0n) is 10.2. The highest BCUT2D eigenvalue weighted by Gasteiger charge is 2.07. The van der Waals surface area contributed by atoms with Gasteiger partial charge in [0.05, 0.1) is 0 Å². The standard InChI is InChI=1S/C13H13ClFN3/c1-3-16-12-4-8(2)17-13(18-12)9-5-10(14)7-11(15)6-9/h4-7H,3H2,1-2H3,(H,16,17,18). The highest BCUT2D eigenvalue weighted by Crippen LogP contribution is 2.23. The van der Waals surface area contributed by atoms with E-state index in [1.54, 1.807) is 6.07 Å². The van der Waals surface area contributed by atoms with Crippen molar-refractivity contribution in [1.29, 1.82) is 0 Å². The van der Waals surface area contributed by atoms with Crippen molar-refractivity contribution in [3.8, 4) is 11.4 Å². The number of nitrogens with zero attached hydrogens (tertiary/aromatic N) is 2. The molecule has 0 saturated heterocycles. The van der Waals surface area contributed by atoms with Crippen LogP contribution >= 0.6 is 11.6 Å². The van der Waals surface area contributed by atoms with Gasteiger partial charge in [0.2, 0.25) is 0 Å². The Bertz CT molecular complexity index is 552. The lowest BCUT2D eigenvalue weighted by molar-refractivity contribution is 0.628. The van der Waals surface area contributed by atoms with Crippen molar-refractivity contribution in [3.63, 3.8) is 0 Å². The zero-order chi connectivity index (χ0) is 13.1. The van der Waals surface area contributed by atoms with Crippen LogP contribution in [0.25, 0.3) is 11.4 Å². The molecule has 1 heterocycles. The molecule has 1 aromatic heterocycles. The molecule has 0 unspecified atom stereocenters. The van der Waals surface area contributed by atoms with Gasteiger partial charge in [0.15, 0.2) is 5.82 Å². The highest BCUT2D eigenvalue weighted by atomic mass is 35.5. The summed E-state index contributed by atoms with van der Waals surface area (Å²) >= 11 is 5.83. The van der Waals surface area contributed by atoms with Crippen LogP contribution < -0.4 is 5.32 Å². The lowest BCUT2D eigenvalue weighted by atomic mass is 10.2. The predicted octanol–water partition coefficient (Wildman–Crippen LogP) is 3.68. The molecule has 0 spiro atoms. The summed E-state index contributed by atoms with van der Waals surface area (Å²) in [5.74, 6) is 0.792. The second kappa shape index (κ2) is 5.31. The quantitative estimate of drug-likeness (QED) is 0.920. The Morgan fingerprint density at radius 2 is 2.00 bits per heavy atom. The van der Waals surface area contributed by atoms with E-state index in [9.17, 15) is 4.39 Å². The summed E-state index contributed by atoms with van der Waals surface area (Å²) in [6.07, 6.45) is 0. The molecule has 18 heavy (non-hydrogen) atoms. The topological polar surface area (TPSA) is 37.8 Å². The van der Waals surface area contributed by atoms with Crippen LogP contribution in [-0.4, -0.2) is 16.5 Å². The number of halogens is 2. The third-order valence-corrected chi connectivity index (χ3v) is 2.55. The zero-order valence-corrected chi connectivity index (χ0v) is 10.9. The summed E-state index contributed by atoms with van der Waals surface area (Å²) in [4.78, 5) is 8.62. The van der Waals surface area contributed by atoms with Crippen molar-refractivity contribution in [2.24, 2.45) is 0 Å². The molecule has 2 rings (SSSR count). The van der Waals surface area contributed by atoms with Gasteiger partial charge in [-0.3, -0.25) is 0 Å². The van der Waals surface area contributed by atoms with Gasteiger partial charge in [0.25, 0.3) is 0 Å². The average molecular weight is 266 g/mol. The number of hydrogen-bond acceptors (Lipinski definition) is 3. The van der Waals surface area contributed by atoms with Gasteiger partial charge in [-0.2, -0.15) is 0 Å². The number of anilines is 1. The van der Waals surface area contributed by atoms with Crippen LogP contribution in [0.1, 0.15) is 12.6 Å². The Morgan fingerprint density at radius 1 is 1.22 bits per heavy atom. The SMILES string of the molecule is CCNc1cc(C)nc(-c2cc(F)cc(Cl)c2)n1. The smallest absolute Gasteiger partial charge is 0.161 e. The molecule has 0 aliphatic heterocycles. The van der Waals surface area contributed by atoms with Crippen molar-refractivity contribution >= 4 is 17.4 Å². The molecule has 0 radical (unpaired) electrons. The van der Waals surface area contributed by atoms with Gasteiger partial charge in [-0.1, -0.05) is 11.6 Å². The average Bonchev–Trinajstić information content (AvgIpc) is 2.27. The highest BCUT2D eigenvalue weighted by molar-refractivity contribution is 6.30. The van der Waals surface area contributed by atoms with Gasteiger partial charge in [0.1, 0.15) is 11.6 Å². The first-order valence-electron chi connectivity index (χ1n) is 5.64. The maximum atomic E-state index is 13.3. The molecule has 5 heteroatoms. The van der Waals surface area contributed by atoms with Gasteiger partial charge >= 0.3 is 0 Å². The minimum Gasteiger partial charge on any atom is -0.370 e. The molecule has 0 fully saturated rings. The third-order valence-electron chi connectivity index (χ3n) is 2.33. The van der Waals surface area contributed by atoms with Gasteiger partial charge in [-0.05, 0) is 32.0 Å². The van der Waals surface area contributed by atoms with Gasteiger partial charge in [-0.15, -0.1) is 0 Å². The Morgan fingerprint density at radius 3 is 2.67 bits per heavy atom. The largest absolute Gasteiger partial charge is 0.370 e. The Hall–Kier alpha value is -1.68. The number of benzene rings is 1. The van der Waals surface area contributed by atoms with Crippen LogP contribution in [0.3, 0.4) is 0 Å². The summed E-state index contributed by atoms with van der Waals surface area (Å²) in [5, 5.41) is 3.44. The van der Waals surface area contributed by atoms with Crippen molar-refractivity contribution in [2.75, 3.05) is 11.9 Å². The van der Waals surface area contributed by atoms with Crippen molar-refractivity contribution < 1.29 is 4.39 Å². The minimum atomic E-state index is -0.396. The second-order valence-electron chi connectivity index (χ2n) is 3.91. The Balaban J connectivity index is 2.49. The molecule has 0 atom stereocenters. The van der Waals surface area contributed by atoms with E-state index in [1.165, 1.54) is 12.1 Å². The molecule has 0 bridgehead atoms. The van der Waals surface area contributed by atoms with Crippen molar-refractivity contribution in [1.82, 2.24) is 9.97 Å². The minimum absolute atomic E-state index is 0.333.